The number of hydrogen-bond donors (Lipinski definition) is 1. The number of unbranched alkanes of at least 4 members (excludes halogenated alkanes) is 1. The maximum Gasteiger partial charge on any atom is 0.263 e. The van der Waals surface area contributed by atoms with Crippen LogP contribution in [0.4, 0.5) is 0 Å². The van der Waals surface area contributed by atoms with E-state index in [0.717, 1.165) is 36.2 Å². The fourth-order valence-electron chi connectivity index (χ4n) is 2.99. The fraction of sp³-hybridized carbons (Fsp3) is 0.300. The van der Waals surface area contributed by atoms with E-state index >= 15 is 0 Å². The summed E-state index contributed by atoms with van der Waals surface area (Å²) in [5.74, 6) is 0.777. The number of para-hydroxylation sites is 1. The number of hydrogen-bond acceptors (Lipinski definition) is 3. The Hall–Kier alpha value is -2.82. The van der Waals surface area contributed by atoms with Gasteiger partial charge in [-0.15, -0.1) is 0 Å². The topological polar surface area (TPSA) is 60.0 Å². The molecule has 0 aliphatic carbocycles. The van der Waals surface area contributed by atoms with Crippen LogP contribution in [0.5, 0.6) is 5.75 Å². The third kappa shape index (κ3) is 3.36. The molecule has 1 N–H and O–H groups in total. The number of aryl methyl sites for hydroxylation is 1. The van der Waals surface area contributed by atoms with E-state index in [4.69, 9.17) is 10.1 Å². The summed E-state index contributed by atoms with van der Waals surface area (Å²) in [6.45, 7) is 3.23. The first-order valence-corrected chi connectivity index (χ1v) is 8.55. The van der Waals surface area contributed by atoms with Crippen molar-refractivity contribution in [2.24, 2.45) is 0 Å². The largest absolute Gasteiger partial charge is 0.497 e. The molecule has 3 rings (SSSR count). The van der Waals surface area contributed by atoms with Crippen LogP contribution in [-0.2, 0) is 13.1 Å². The standard InChI is InChI=1S/C20H23N3O2/c1-3-4-13-22-18-8-6-5-7-17(18)19(24)23(20(22)21)14-15-9-11-16(25-2)12-10-15/h5-12,21H,3-4,13-14H2,1-2H3. The molecule has 25 heavy (non-hydrogen) atoms. The Labute approximate surface area is 146 Å². The van der Waals surface area contributed by atoms with Crippen LogP contribution in [-0.4, -0.2) is 16.2 Å². The summed E-state index contributed by atoms with van der Waals surface area (Å²) >= 11 is 0. The van der Waals surface area contributed by atoms with Crippen molar-refractivity contribution in [3.63, 3.8) is 0 Å². The Balaban J connectivity index is 2.13. The van der Waals surface area contributed by atoms with Gasteiger partial charge in [0.05, 0.1) is 24.6 Å². The van der Waals surface area contributed by atoms with Gasteiger partial charge in [0.25, 0.3) is 5.56 Å². The lowest BCUT2D eigenvalue weighted by atomic mass is 10.2. The smallest absolute Gasteiger partial charge is 0.263 e. The van der Waals surface area contributed by atoms with Crippen molar-refractivity contribution in [2.75, 3.05) is 7.11 Å². The van der Waals surface area contributed by atoms with Crippen LogP contribution in [0.2, 0.25) is 0 Å². The van der Waals surface area contributed by atoms with Crippen molar-refractivity contribution < 1.29 is 4.74 Å². The van der Waals surface area contributed by atoms with Crippen LogP contribution in [0.1, 0.15) is 25.3 Å². The van der Waals surface area contributed by atoms with Gasteiger partial charge >= 0.3 is 0 Å². The van der Waals surface area contributed by atoms with Crippen LogP contribution in [0.15, 0.2) is 53.3 Å². The molecule has 1 aromatic heterocycles. The van der Waals surface area contributed by atoms with Crippen molar-refractivity contribution >= 4 is 10.9 Å². The number of fused-ring (bicyclic) bond motifs is 1. The van der Waals surface area contributed by atoms with Crippen molar-refractivity contribution in [3.05, 3.63) is 70.1 Å². The van der Waals surface area contributed by atoms with E-state index < -0.39 is 0 Å². The average molecular weight is 337 g/mol. The zero-order valence-corrected chi connectivity index (χ0v) is 14.7. The second-order valence-electron chi connectivity index (χ2n) is 6.09. The molecule has 130 valence electrons. The normalized spacial score (nSPS) is 11.0. The van der Waals surface area contributed by atoms with Gasteiger partial charge in [-0.3, -0.25) is 14.8 Å². The highest BCUT2D eigenvalue weighted by Crippen LogP contribution is 2.13. The van der Waals surface area contributed by atoms with Crippen LogP contribution in [0.25, 0.3) is 10.9 Å². The van der Waals surface area contributed by atoms with Crippen LogP contribution in [0, 0.1) is 5.41 Å². The van der Waals surface area contributed by atoms with Gasteiger partial charge in [-0.2, -0.15) is 0 Å². The fourth-order valence-corrected chi connectivity index (χ4v) is 2.99. The monoisotopic (exact) mass is 337 g/mol. The molecule has 0 saturated heterocycles. The molecule has 0 atom stereocenters. The summed E-state index contributed by atoms with van der Waals surface area (Å²) < 4.78 is 8.65. The molecule has 0 aliphatic rings. The minimum atomic E-state index is -0.121. The van der Waals surface area contributed by atoms with Gasteiger partial charge in [0, 0.05) is 6.54 Å². The van der Waals surface area contributed by atoms with Crippen molar-refractivity contribution in [1.82, 2.24) is 9.13 Å². The molecule has 0 unspecified atom stereocenters. The molecule has 5 nitrogen and oxygen atoms in total. The zero-order valence-electron chi connectivity index (χ0n) is 14.7. The Bertz CT molecular complexity index is 984. The van der Waals surface area contributed by atoms with E-state index in [2.05, 4.69) is 6.92 Å². The number of aromatic nitrogens is 2. The Morgan fingerprint density at radius 1 is 1.04 bits per heavy atom. The quantitative estimate of drug-likeness (QED) is 0.751. The SMILES string of the molecule is CCCCn1c(=N)n(Cc2ccc(OC)cc2)c(=O)c2ccccc21. The van der Waals surface area contributed by atoms with Gasteiger partial charge in [0.15, 0.2) is 0 Å². The maximum absolute atomic E-state index is 12.9. The van der Waals surface area contributed by atoms with Gasteiger partial charge in [-0.25, -0.2) is 0 Å². The third-order valence-electron chi connectivity index (χ3n) is 4.42. The Morgan fingerprint density at radius 2 is 1.76 bits per heavy atom. The van der Waals surface area contributed by atoms with E-state index in [1.807, 2.05) is 53.1 Å². The zero-order chi connectivity index (χ0) is 17.8. The van der Waals surface area contributed by atoms with E-state index in [1.165, 1.54) is 0 Å². The summed E-state index contributed by atoms with van der Waals surface area (Å²) in [6.07, 6.45) is 2.01. The van der Waals surface area contributed by atoms with Gasteiger partial charge in [-0.1, -0.05) is 37.6 Å². The number of benzene rings is 2. The molecule has 0 amide bonds. The summed E-state index contributed by atoms with van der Waals surface area (Å²) in [4.78, 5) is 12.9. The first-order chi connectivity index (χ1) is 12.2. The Morgan fingerprint density at radius 3 is 2.44 bits per heavy atom. The summed E-state index contributed by atoms with van der Waals surface area (Å²) in [7, 11) is 1.63. The van der Waals surface area contributed by atoms with E-state index in [1.54, 1.807) is 11.7 Å². The van der Waals surface area contributed by atoms with Crippen LogP contribution in [0.3, 0.4) is 0 Å². The van der Waals surface area contributed by atoms with Crippen molar-refractivity contribution in [1.29, 1.82) is 5.41 Å². The number of nitrogens with one attached hydrogen (secondary N) is 1. The molecular weight excluding hydrogens is 314 g/mol. The summed E-state index contributed by atoms with van der Waals surface area (Å²) in [5, 5.41) is 9.23. The predicted molar refractivity (Wildman–Crippen MR) is 99.1 cm³/mol. The first kappa shape index (κ1) is 17.0. The number of nitrogens with zero attached hydrogens (tertiary/aromatic N) is 2. The van der Waals surface area contributed by atoms with Crippen molar-refractivity contribution in [2.45, 2.75) is 32.9 Å². The number of methoxy groups -OCH3 is 1. The molecular formula is C20H23N3O2. The third-order valence-corrected chi connectivity index (χ3v) is 4.42. The minimum absolute atomic E-state index is 0.121. The van der Waals surface area contributed by atoms with Gasteiger partial charge in [0.2, 0.25) is 5.62 Å². The molecule has 2 aromatic carbocycles. The molecule has 0 spiro atoms. The molecule has 1 heterocycles. The van der Waals surface area contributed by atoms with Gasteiger partial charge < -0.3 is 9.30 Å². The summed E-state index contributed by atoms with van der Waals surface area (Å²) in [6, 6.07) is 15.1. The van der Waals surface area contributed by atoms with Crippen LogP contribution >= 0.6 is 0 Å². The molecule has 0 saturated carbocycles. The Kier molecular flexibility index (Phi) is 5.03. The second-order valence-corrected chi connectivity index (χ2v) is 6.09. The lowest BCUT2D eigenvalue weighted by Crippen LogP contribution is -2.40. The molecule has 3 aromatic rings. The highest BCUT2D eigenvalue weighted by Gasteiger charge is 2.11. The van der Waals surface area contributed by atoms with Gasteiger partial charge in [-0.05, 0) is 36.2 Å². The first-order valence-electron chi connectivity index (χ1n) is 8.55. The number of ether oxygens (including phenoxy) is 1. The van der Waals surface area contributed by atoms with Crippen molar-refractivity contribution in [3.8, 4) is 5.75 Å². The van der Waals surface area contributed by atoms with E-state index in [-0.39, 0.29) is 11.2 Å². The maximum atomic E-state index is 12.9. The van der Waals surface area contributed by atoms with Gasteiger partial charge in [0.1, 0.15) is 5.75 Å². The average Bonchev–Trinajstić information content (AvgIpc) is 2.65. The van der Waals surface area contributed by atoms with E-state index in [9.17, 15) is 4.79 Å². The lowest BCUT2D eigenvalue weighted by Gasteiger charge is -2.16. The predicted octanol–water partition coefficient (Wildman–Crippen LogP) is 3.14. The molecule has 0 bridgehead atoms. The summed E-state index contributed by atoms with van der Waals surface area (Å²) in [5.41, 5.74) is 1.92. The highest BCUT2D eigenvalue weighted by atomic mass is 16.5. The lowest BCUT2D eigenvalue weighted by molar-refractivity contribution is 0.414. The van der Waals surface area contributed by atoms with Crippen LogP contribution < -0.4 is 15.9 Å². The second kappa shape index (κ2) is 7.38. The molecule has 5 heteroatoms. The molecule has 0 radical (unpaired) electrons. The van der Waals surface area contributed by atoms with E-state index in [0.29, 0.717) is 11.9 Å². The molecule has 0 fully saturated rings. The number of rotatable bonds is 6. The molecule has 0 aliphatic heterocycles. The minimum Gasteiger partial charge on any atom is -0.497 e. The highest BCUT2D eigenvalue weighted by molar-refractivity contribution is 5.77.